The minimum Gasteiger partial charge on any atom is -0.369 e. The molecule has 0 bridgehead atoms. The maximum Gasteiger partial charge on any atom is 0.223 e. The Balaban J connectivity index is 2.69. The van der Waals surface area contributed by atoms with Crippen LogP contribution in [0.25, 0.3) is 0 Å². The molecule has 0 atom stereocenters. The molecular formula is C8H11N2OS. The van der Waals surface area contributed by atoms with Crippen molar-refractivity contribution in [3.8, 4) is 0 Å². The lowest BCUT2D eigenvalue weighted by Gasteiger charge is -2.17. The molecule has 0 aromatic carbocycles. The third-order valence-electron chi connectivity index (χ3n) is 1.57. The van der Waals surface area contributed by atoms with Gasteiger partial charge in [-0.2, -0.15) is 0 Å². The molecule has 4 heteroatoms. The molecule has 2 N–H and O–H groups in total. The second kappa shape index (κ2) is 3.23. The van der Waals surface area contributed by atoms with E-state index in [1.807, 2.05) is 5.38 Å². The summed E-state index contributed by atoms with van der Waals surface area (Å²) >= 11 is 1.49. The lowest BCUT2D eigenvalue weighted by atomic mass is 9.89. The van der Waals surface area contributed by atoms with Gasteiger partial charge in [0, 0.05) is 18.0 Å². The van der Waals surface area contributed by atoms with E-state index in [0.29, 0.717) is 0 Å². The van der Waals surface area contributed by atoms with Crippen LogP contribution in [0.4, 0.5) is 0 Å². The van der Waals surface area contributed by atoms with E-state index in [-0.39, 0.29) is 5.91 Å². The van der Waals surface area contributed by atoms with Crippen molar-refractivity contribution in [2.75, 3.05) is 0 Å². The number of nitrogens with zero attached hydrogens (tertiary/aromatic N) is 1. The van der Waals surface area contributed by atoms with Crippen molar-refractivity contribution in [2.45, 2.75) is 13.8 Å². The third-order valence-corrected chi connectivity index (χ3v) is 2.29. The molecule has 0 fully saturated rings. The summed E-state index contributed by atoms with van der Waals surface area (Å²) in [5.41, 5.74) is 4.58. The normalized spacial score (nSPS) is 11.5. The highest BCUT2D eigenvalue weighted by Crippen LogP contribution is 2.24. The summed E-state index contributed by atoms with van der Waals surface area (Å²) in [6.07, 6.45) is 3.48. The minimum atomic E-state index is -0.613. The molecule has 0 saturated carbocycles. The van der Waals surface area contributed by atoms with Gasteiger partial charge in [0.15, 0.2) is 0 Å². The first-order valence-corrected chi connectivity index (χ1v) is 4.45. The van der Waals surface area contributed by atoms with Gasteiger partial charge in [-0.15, -0.1) is 11.3 Å². The lowest BCUT2D eigenvalue weighted by Crippen LogP contribution is -2.32. The Morgan fingerprint density at radius 2 is 2.42 bits per heavy atom. The van der Waals surface area contributed by atoms with Crippen LogP contribution in [0.2, 0.25) is 0 Å². The van der Waals surface area contributed by atoms with Crippen molar-refractivity contribution in [2.24, 2.45) is 11.1 Å². The summed E-state index contributed by atoms with van der Waals surface area (Å²) in [7, 11) is 0. The molecule has 12 heavy (non-hydrogen) atoms. The van der Waals surface area contributed by atoms with Crippen molar-refractivity contribution in [1.29, 1.82) is 0 Å². The molecule has 0 saturated heterocycles. The molecule has 1 heterocycles. The molecule has 65 valence electrons. The highest BCUT2D eigenvalue weighted by atomic mass is 32.1. The second-order valence-electron chi connectivity index (χ2n) is 3.10. The molecule has 1 amide bonds. The Bertz CT molecular complexity index is 267. The van der Waals surface area contributed by atoms with Crippen molar-refractivity contribution >= 4 is 17.2 Å². The topological polar surface area (TPSA) is 56.0 Å². The number of aromatic nitrogens is 1. The molecule has 0 unspecified atom stereocenters. The number of rotatable bonds is 3. The van der Waals surface area contributed by atoms with Gasteiger partial charge in [0.25, 0.3) is 0 Å². The van der Waals surface area contributed by atoms with Crippen LogP contribution in [-0.4, -0.2) is 10.9 Å². The van der Waals surface area contributed by atoms with Gasteiger partial charge in [-0.1, -0.05) is 13.8 Å². The number of thiazole rings is 1. The van der Waals surface area contributed by atoms with Crippen LogP contribution in [0.15, 0.2) is 11.6 Å². The van der Waals surface area contributed by atoms with Crippen LogP contribution in [0.1, 0.15) is 18.9 Å². The highest BCUT2D eigenvalue weighted by molar-refractivity contribution is 7.09. The van der Waals surface area contributed by atoms with Crippen LogP contribution < -0.4 is 5.73 Å². The number of carbonyl (C=O) groups is 1. The summed E-state index contributed by atoms with van der Waals surface area (Å²) in [6.45, 7) is 3.55. The summed E-state index contributed by atoms with van der Waals surface area (Å²) in [6, 6.07) is 0. The average molecular weight is 183 g/mol. The fraction of sp³-hybridized carbons (Fsp3) is 0.375. The molecule has 0 aliphatic carbocycles. The van der Waals surface area contributed by atoms with Gasteiger partial charge < -0.3 is 5.73 Å². The van der Waals surface area contributed by atoms with Crippen LogP contribution in [-0.2, 0) is 4.79 Å². The molecule has 3 nitrogen and oxygen atoms in total. The number of amides is 1. The van der Waals surface area contributed by atoms with Crippen molar-refractivity contribution < 1.29 is 4.79 Å². The maximum atomic E-state index is 10.9. The Kier molecular flexibility index (Phi) is 2.47. The monoisotopic (exact) mass is 183 g/mol. The van der Waals surface area contributed by atoms with E-state index >= 15 is 0 Å². The Hall–Kier alpha value is -0.900. The molecular weight excluding hydrogens is 172 g/mol. The fourth-order valence-corrected chi connectivity index (χ4v) is 1.43. The van der Waals surface area contributed by atoms with Crippen LogP contribution in [0.3, 0.4) is 0 Å². The summed E-state index contributed by atoms with van der Waals surface area (Å²) in [5, 5.41) is 2.70. The number of primary amides is 1. The lowest BCUT2D eigenvalue weighted by molar-refractivity contribution is -0.124. The fourth-order valence-electron chi connectivity index (χ4n) is 0.686. The van der Waals surface area contributed by atoms with Gasteiger partial charge in [0.1, 0.15) is 0 Å². The van der Waals surface area contributed by atoms with E-state index in [2.05, 4.69) is 4.98 Å². The Labute approximate surface area is 75.6 Å². The molecule has 1 radical (unpaired) electrons. The van der Waals surface area contributed by atoms with E-state index in [1.54, 1.807) is 26.5 Å². The minimum absolute atomic E-state index is 0.335. The van der Waals surface area contributed by atoms with Gasteiger partial charge in [0.05, 0.1) is 10.4 Å². The zero-order chi connectivity index (χ0) is 9.19. The van der Waals surface area contributed by atoms with Crippen LogP contribution in [0, 0.1) is 11.8 Å². The van der Waals surface area contributed by atoms with E-state index in [9.17, 15) is 4.79 Å². The molecule has 0 aliphatic rings. The maximum absolute atomic E-state index is 10.9. The first-order valence-electron chi connectivity index (χ1n) is 3.58. The summed E-state index contributed by atoms with van der Waals surface area (Å²) in [4.78, 5) is 15.0. The quantitative estimate of drug-likeness (QED) is 0.765. The van der Waals surface area contributed by atoms with E-state index in [1.165, 1.54) is 11.3 Å². The molecule has 0 aliphatic heterocycles. The first kappa shape index (κ1) is 9.19. The number of carbonyl (C=O) groups excluding carboxylic acids is 1. The number of nitrogens with two attached hydrogens (primary N) is 1. The first-order chi connectivity index (χ1) is 5.52. The second-order valence-corrected chi connectivity index (χ2v) is 4.03. The van der Waals surface area contributed by atoms with E-state index < -0.39 is 5.41 Å². The molecule has 1 aromatic heterocycles. The van der Waals surface area contributed by atoms with Gasteiger partial charge in [-0.05, 0) is 0 Å². The molecule has 0 spiro atoms. The van der Waals surface area contributed by atoms with E-state index in [4.69, 9.17) is 5.73 Å². The smallest absolute Gasteiger partial charge is 0.223 e. The van der Waals surface area contributed by atoms with Crippen LogP contribution >= 0.6 is 11.3 Å². The largest absolute Gasteiger partial charge is 0.369 e. The van der Waals surface area contributed by atoms with Gasteiger partial charge >= 0.3 is 0 Å². The number of hydrogen-bond donors (Lipinski definition) is 1. The molecule has 1 rings (SSSR count). The summed E-state index contributed by atoms with van der Waals surface area (Å²) < 4.78 is 0. The average Bonchev–Trinajstić information content (AvgIpc) is 2.38. The van der Waals surface area contributed by atoms with Crippen molar-refractivity contribution in [3.63, 3.8) is 0 Å². The number of hydrogen-bond acceptors (Lipinski definition) is 3. The zero-order valence-corrected chi connectivity index (χ0v) is 7.89. The van der Waals surface area contributed by atoms with Crippen molar-refractivity contribution in [3.05, 3.63) is 23.0 Å². The van der Waals surface area contributed by atoms with Crippen molar-refractivity contribution in [1.82, 2.24) is 4.98 Å². The van der Waals surface area contributed by atoms with Gasteiger partial charge in [0.2, 0.25) is 5.91 Å². The third kappa shape index (κ3) is 2.04. The van der Waals surface area contributed by atoms with Crippen LogP contribution in [0.5, 0.6) is 0 Å². The standard InChI is InChI=1S/C8H11N2OS/c1-8(2,7(9)11)5-6-10-3-4-12-6/h3-5H,1-2H3,(H2,9,11). The predicted octanol–water partition coefficient (Wildman–Crippen LogP) is 1.21. The zero-order valence-electron chi connectivity index (χ0n) is 7.07. The Morgan fingerprint density at radius 1 is 1.75 bits per heavy atom. The Morgan fingerprint density at radius 3 is 2.83 bits per heavy atom. The van der Waals surface area contributed by atoms with Gasteiger partial charge in [-0.25, -0.2) is 4.98 Å². The molecule has 1 aromatic rings. The van der Waals surface area contributed by atoms with Gasteiger partial charge in [-0.3, -0.25) is 4.79 Å². The highest BCUT2D eigenvalue weighted by Gasteiger charge is 2.26. The SMILES string of the molecule is CC(C)([CH]c1nccs1)C(N)=O. The van der Waals surface area contributed by atoms with E-state index in [0.717, 1.165) is 5.01 Å². The predicted molar refractivity (Wildman–Crippen MR) is 48.5 cm³/mol. The summed E-state index contributed by atoms with van der Waals surface area (Å²) in [5.74, 6) is -0.335.